The maximum atomic E-state index is 12.2. The molecule has 0 aliphatic heterocycles. The second-order valence-corrected chi connectivity index (χ2v) is 7.30. The summed E-state index contributed by atoms with van der Waals surface area (Å²) in [5.41, 5.74) is 6.89. The maximum Gasteiger partial charge on any atom is 0.240 e. The molecule has 1 unspecified atom stereocenters. The molecule has 19 heavy (non-hydrogen) atoms. The van der Waals surface area contributed by atoms with Gasteiger partial charge in [-0.2, -0.15) is 0 Å². The van der Waals surface area contributed by atoms with Crippen LogP contribution in [0.5, 0.6) is 0 Å². The van der Waals surface area contributed by atoms with E-state index < -0.39 is 10.0 Å². The fraction of sp³-hybridized carbons (Fsp3) is 0.571. The van der Waals surface area contributed by atoms with Gasteiger partial charge in [-0.3, -0.25) is 0 Å². The van der Waals surface area contributed by atoms with Gasteiger partial charge in [0.15, 0.2) is 0 Å². The predicted octanol–water partition coefficient (Wildman–Crippen LogP) is 2.17. The Bertz CT molecular complexity index is 531. The van der Waals surface area contributed by atoms with Crippen LogP contribution in [0.25, 0.3) is 0 Å². The Labute approximate surface area is 115 Å². The first kappa shape index (κ1) is 14.5. The smallest absolute Gasteiger partial charge is 0.240 e. The largest absolute Gasteiger partial charge is 0.324 e. The lowest BCUT2D eigenvalue weighted by molar-refractivity contribution is 0.475. The third kappa shape index (κ3) is 3.35. The number of hydrogen-bond acceptors (Lipinski definition) is 3. The number of hydrogen-bond donors (Lipinski definition) is 2. The first-order chi connectivity index (χ1) is 8.88. The first-order valence-corrected chi connectivity index (χ1v) is 8.22. The van der Waals surface area contributed by atoms with Crippen LogP contribution < -0.4 is 10.5 Å². The van der Waals surface area contributed by atoms with E-state index in [1.807, 2.05) is 6.92 Å². The molecule has 1 saturated carbocycles. The summed E-state index contributed by atoms with van der Waals surface area (Å²) in [5, 5.41) is 0. The van der Waals surface area contributed by atoms with Crippen molar-refractivity contribution in [1.82, 2.24) is 4.72 Å². The van der Waals surface area contributed by atoms with E-state index in [0.29, 0.717) is 11.4 Å². The number of benzene rings is 1. The second kappa shape index (κ2) is 5.23. The Hall–Kier alpha value is -0.910. The Morgan fingerprint density at radius 2 is 1.89 bits per heavy atom. The SMILES string of the molecule is CCC1(CNS(=O)(=O)c2ccc(C(C)N)cc2)CC1. The minimum Gasteiger partial charge on any atom is -0.324 e. The Balaban J connectivity index is 2.06. The first-order valence-electron chi connectivity index (χ1n) is 6.74. The van der Waals surface area contributed by atoms with Crippen LogP contribution in [-0.4, -0.2) is 15.0 Å². The molecule has 1 aliphatic rings. The highest BCUT2D eigenvalue weighted by molar-refractivity contribution is 7.89. The van der Waals surface area contributed by atoms with Crippen LogP contribution >= 0.6 is 0 Å². The van der Waals surface area contributed by atoms with Gasteiger partial charge < -0.3 is 5.73 Å². The van der Waals surface area contributed by atoms with E-state index in [1.165, 1.54) is 0 Å². The predicted molar refractivity (Wildman–Crippen MR) is 76.2 cm³/mol. The van der Waals surface area contributed by atoms with Crippen molar-refractivity contribution < 1.29 is 8.42 Å². The molecule has 5 heteroatoms. The average molecular weight is 282 g/mol. The van der Waals surface area contributed by atoms with Gasteiger partial charge >= 0.3 is 0 Å². The van der Waals surface area contributed by atoms with E-state index in [-0.39, 0.29) is 11.5 Å². The van der Waals surface area contributed by atoms with E-state index in [2.05, 4.69) is 11.6 Å². The van der Waals surface area contributed by atoms with Crippen molar-refractivity contribution in [2.75, 3.05) is 6.54 Å². The lowest BCUT2D eigenvalue weighted by Crippen LogP contribution is -2.30. The summed E-state index contributed by atoms with van der Waals surface area (Å²) < 4.78 is 27.0. The molecule has 0 heterocycles. The van der Waals surface area contributed by atoms with E-state index in [1.54, 1.807) is 24.3 Å². The molecular formula is C14H22N2O2S. The van der Waals surface area contributed by atoms with Gasteiger partial charge in [0.05, 0.1) is 4.90 Å². The Morgan fingerprint density at radius 1 is 1.32 bits per heavy atom. The molecule has 1 atom stereocenters. The molecular weight excluding hydrogens is 260 g/mol. The van der Waals surface area contributed by atoms with Crippen molar-refractivity contribution in [2.45, 2.75) is 44.0 Å². The lowest BCUT2D eigenvalue weighted by atomic mass is 10.1. The monoisotopic (exact) mass is 282 g/mol. The highest BCUT2D eigenvalue weighted by Gasteiger charge is 2.41. The second-order valence-electron chi connectivity index (χ2n) is 5.54. The third-order valence-corrected chi connectivity index (χ3v) is 5.48. The molecule has 1 aromatic rings. The van der Waals surface area contributed by atoms with Crippen molar-refractivity contribution in [3.63, 3.8) is 0 Å². The molecule has 0 saturated heterocycles. The number of nitrogens with one attached hydrogen (secondary N) is 1. The van der Waals surface area contributed by atoms with E-state index in [0.717, 1.165) is 24.8 Å². The minimum atomic E-state index is -3.40. The molecule has 0 radical (unpaired) electrons. The number of sulfonamides is 1. The van der Waals surface area contributed by atoms with E-state index in [9.17, 15) is 8.42 Å². The molecule has 2 rings (SSSR count). The molecule has 1 aliphatic carbocycles. The maximum absolute atomic E-state index is 12.2. The zero-order valence-electron chi connectivity index (χ0n) is 11.5. The van der Waals surface area contributed by atoms with Crippen LogP contribution in [0.1, 0.15) is 44.7 Å². The van der Waals surface area contributed by atoms with Crippen LogP contribution in [0.3, 0.4) is 0 Å². The lowest BCUT2D eigenvalue weighted by Gasteiger charge is -2.14. The van der Waals surface area contributed by atoms with Crippen LogP contribution in [0.4, 0.5) is 0 Å². The summed E-state index contributed by atoms with van der Waals surface area (Å²) in [6, 6.07) is 6.69. The van der Waals surface area contributed by atoms with E-state index in [4.69, 9.17) is 5.73 Å². The van der Waals surface area contributed by atoms with Gasteiger partial charge in [0.25, 0.3) is 0 Å². The molecule has 0 bridgehead atoms. The summed E-state index contributed by atoms with van der Waals surface area (Å²) in [5.74, 6) is 0. The molecule has 0 amide bonds. The van der Waals surface area contributed by atoms with Gasteiger partial charge in [0.1, 0.15) is 0 Å². The standard InChI is InChI=1S/C14H22N2O2S/c1-3-14(8-9-14)10-16-19(17,18)13-6-4-12(5-7-13)11(2)15/h4-7,11,16H,3,8-10,15H2,1-2H3. The van der Waals surface area contributed by atoms with E-state index >= 15 is 0 Å². The Morgan fingerprint density at radius 3 is 2.32 bits per heavy atom. The van der Waals surface area contributed by atoms with Crippen molar-refractivity contribution in [1.29, 1.82) is 0 Å². The molecule has 0 aromatic heterocycles. The number of nitrogens with two attached hydrogens (primary N) is 1. The topological polar surface area (TPSA) is 72.2 Å². The molecule has 1 aromatic carbocycles. The van der Waals surface area contributed by atoms with Gasteiger partial charge in [0.2, 0.25) is 10.0 Å². The van der Waals surface area contributed by atoms with Crippen molar-refractivity contribution in [3.8, 4) is 0 Å². The molecule has 1 fully saturated rings. The van der Waals surface area contributed by atoms with Gasteiger partial charge in [-0.15, -0.1) is 0 Å². The quantitative estimate of drug-likeness (QED) is 0.840. The highest BCUT2D eigenvalue weighted by Crippen LogP contribution is 2.48. The van der Waals surface area contributed by atoms with Crippen molar-refractivity contribution in [3.05, 3.63) is 29.8 Å². The van der Waals surface area contributed by atoms with Gasteiger partial charge in [0, 0.05) is 12.6 Å². The van der Waals surface area contributed by atoms with Crippen molar-refractivity contribution in [2.24, 2.45) is 11.1 Å². The van der Waals surface area contributed by atoms with Gasteiger partial charge in [-0.1, -0.05) is 19.1 Å². The van der Waals surface area contributed by atoms with Crippen molar-refractivity contribution >= 4 is 10.0 Å². The third-order valence-electron chi connectivity index (χ3n) is 4.06. The van der Waals surface area contributed by atoms with Crippen LogP contribution in [0.2, 0.25) is 0 Å². The minimum absolute atomic E-state index is 0.0838. The summed E-state index contributed by atoms with van der Waals surface area (Å²) in [6.45, 7) is 4.53. The highest BCUT2D eigenvalue weighted by atomic mass is 32.2. The normalized spacial score (nSPS) is 19.1. The van der Waals surface area contributed by atoms with Gasteiger partial charge in [-0.05, 0) is 49.3 Å². The zero-order chi connectivity index (χ0) is 14.1. The summed E-state index contributed by atoms with van der Waals surface area (Å²) in [4.78, 5) is 0.309. The molecule has 3 N–H and O–H groups in total. The van der Waals surface area contributed by atoms with Crippen LogP contribution in [-0.2, 0) is 10.0 Å². The number of rotatable bonds is 6. The summed E-state index contributed by atoms with van der Waals surface area (Å²) >= 11 is 0. The Kier molecular flexibility index (Phi) is 3.99. The molecule has 4 nitrogen and oxygen atoms in total. The molecule has 106 valence electrons. The van der Waals surface area contributed by atoms with Crippen LogP contribution in [0, 0.1) is 5.41 Å². The fourth-order valence-electron chi connectivity index (χ4n) is 2.11. The summed E-state index contributed by atoms with van der Waals surface area (Å²) in [7, 11) is -3.40. The molecule has 0 spiro atoms. The average Bonchev–Trinajstić information content (AvgIpc) is 3.17. The van der Waals surface area contributed by atoms with Crippen LogP contribution in [0.15, 0.2) is 29.2 Å². The summed E-state index contributed by atoms with van der Waals surface area (Å²) in [6.07, 6.45) is 3.27. The van der Waals surface area contributed by atoms with Gasteiger partial charge in [-0.25, -0.2) is 13.1 Å². The zero-order valence-corrected chi connectivity index (χ0v) is 12.3. The fourth-order valence-corrected chi connectivity index (χ4v) is 3.27.